The van der Waals surface area contributed by atoms with Gasteiger partial charge in [0.1, 0.15) is 0 Å². The second kappa shape index (κ2) is 4.24. The molecule has 3 heteroatoms. The molecule has 1 aromatic heterocycles. The summed E-state index contributed by atoms with van der Waals surface area (Å²) in [6, 6.07) is 10.4. The van der Waals surface area contributed by atoms with Gasteiger partial charge < -0.3 is 4.57 Å². The lowest BCUT2D eigenvalue weighted by molar-refractivity contribution is 0.671. The third kappa shape index (κ3) is 2.12. The monoisotopic (exact) mass is 204 g/mol. The molecule has 2 nitrogen and oxygen atoms in total. The fraction of sp³-hybridized carbons (Fsp3) is 0.182. The summed E-state index contributed by atoms with van der Waals surface area (Å²) in [5.41, 5.74) is 1.32. The van der Waals surface area contributed by atoms with Crippen LogP contribution in [-0.2, 0) is 13.0 Å². The summed E-state index contributed by atoms with van der Waals surface area (Å²) < 4.78 is 1.97. The highest BCUT2D eigenvalue weighted by atomic mass is 32.1. The van der Waals surface area contributed by atoms with Gasteiger partial charge in [0.15, 0.2) is 4.80 Å². The third-order valence-electron chi connectivity index (χ3n) is 2.17. The Hall–Kier alpha value is -1.35. The molecule has 0 unspecified atom stereocenters. The van der Waals surface area contributed by atoms with Crippen molar-refractivity contribution in [2.45, 2.75) is 13.0 Å². The number of nitrogens with one attached hydrogen (secondary N) is 1. The Labute approximate surface area is 87.0 Å². The Morgan fingerprint density at radius 2 is 2.00 bits per heavy atom. The highest BCUT2D eigenvalue weighted by molar-refractivity contribution is 7.06. The minimum Gasteiger partial charge on any atom is -0.324 e. The van der Waals surface area contributed by atoms with Crippen molar-refractivity contribution in [1.82, 2.24) is 4.57 Å². The van der Waals surface area contributed by atoms with Crippen molar-refractivity contribution in [2.24, 2.45) is 0 Å². The first-order valence-electron chi connectivity index (χ1n) is 4.59. The first-order valence-corrected chi connectivity index (χ1v) is 5.47. The molecule has 1 aromatic carbocycles. The van der Waals surface area contributed by atoms with Gasteiger partial charge in [-0.15, -0.1) is 11.3 Å². The topological polar surface area (TPSA) is 28.8 Å². The van der Waals surface area contributed by atoms with Gasteiger partial charge in [-0.1, -0.05) is 30.3 Å². The minimum atomic E-state index is 0.626. The van der Waals surface area contributed by atoms with E-state index in [2.05, 4.69) is 24.3 Å². The van der Waals surface area contributed by atoms with Gasteiger partial charge in [-0.05, 0) is 12.0 Å². The summed E-state index contributed by atoms with van der Waals surface area (Å²) in [6.07, 6.45) is 2.96. The molecule has 0 fully saturated rings. The number of aromatic nitrogens is 1. The summed E-state index contributed by atoms with van der Waals surface area (Å²) in [6.45, 7) is 0.895. The first kappa shape index (κ1) is 9.21. The molecule has 0 spiro atoms. The molecule has 0 amide bonds. The Morgan fingerprint density at radius 3 is 2.64 bits per heavy atom. The lowest BCUT2D eigenvalue weighted by atomic mass is 10.1. The van der Waals surface area contributed by atoms with Crippen molar-refractivity contribution in [2.75, 3.05) is 0 Å². The predicted octanol–water partition coefficient (Wildman–Crippen LogP) is 2.27. The molecule has 0 atom stereocenters. The van der Waals surface area contributed by atoms with Gasteiger partial charge in [0.25, 0.3) is 0 Å². The number of thiazole rings is 1. The van der Waals surface area contributed by atoms with E-state index in [0.29, 0.717) is 4.80 Å². The molecule has 2 rings (SSSR count). The van der Waals surface area contributed by atoms with Crippen molar-refractivity contribution in [3.63, 3.8) is 0 Å². The molecular formula is C11H12N2S. The van der Waals surface area contributed by atoms with Crippen LogP contribution in [0.5, 0.6) is 0 Å². The lowest BCUT2D eigenvalue weighted by Crippen LogP contribution is -2.13. The number of hydrogen-bond acceptors (Lipinski definition) is 2. The van der Waals surface area contributed by atoms with Crippen LogP contribution in [0.25, 0.3) is 0 Å². The van der Waals surface area contributed by atoms with Crippen LogP contribution >= 0.6 is 11.3 Å². The average Bonchev–Trinajstić information content (AvgIpc) is 2.63. The van der Waals surface area contributed by atoms with Crippen LogP contribution in [0.4, 0.5) is 0 Å². The second-order valence-electron chi connectivity index (χ2n) is 3.14. The fourth-order valence-electron chi connectivity index (χ4n) is 1.37. The molecule has 1 N–H and O–H groups in total. The van der Waals surface area contributed by atoms with Gasteiger partial charge in [0, 0.05) is 18.1 Å². The summed E-state index contributed by atoms with van der Waals surface area (Å²) in [5, 5.41) is 9.55. The van der Waals surface area contributed by atoms with Gasteiger partial charge >= 0.3 is 0 Å². The Bertz CT molecular complexity index is 442. The van der Waals surface area contributed by atoms with E-state index in [9.17, 15) is 0 Å². The maximum atomic E-state index is 7.60. The van der Waals surface area contributed by atoms with E-state index in [0.717, 1.165) is 13.0 Å². The van der Waals surface area contributed by atoms with E-state index in [-0.39, 0.29) is 0 Å². The number of rotatable bonds is 3. The van der Waals surface area contributed by atoms with Crippen LogP contribution < -0.4 is 4.80 Å². The summed E-state index contributed by atoms with van der Waals surface area (Å²) in [5.74, 6) is 0. The molecular weight excluding hydrogens is 192 g/mol. The van der Waals surface area contributed by atoms with E-state index in [1.54, 1.807) is 0 Å². The molecule has 0 aliphatic rings. The molecule has 0 aliphatic heterocycles. The molecule has 72 valence electrons. The van der Waals surface area contributed by atoms with Crippen LogP contribution in [0.3, 0.4) is 0 Å². The highest BCUT2D eigenvalue weighted by Gasteiger charge is 1.94. The zero-order chi connectivity index (χ0) is 9.80. The van der Waals surface area contributed by atoms with E-state index in [4.69, 9.17) is 5.41 Å². The highest BCUT2D eigenvalue weighted by Crippen LogP contribution is 2.01. The molecule has 0 saturated carbocycles. The number of benzene rings is 1. The van der Waals surface area contributed by atoms with Crippen LogP contribution in [-0.4, -0.2) is 4.57 Å². The third-order valence-corrected chi connectivity index (χ3v) is 2.88. The molecule has 0 radical (unpaired) electrons. The molecule has 1 heterocycles. The molecule has 0 bridgehead atoms. The van der Waals surface area contributed by atoms with Crippen molar-refractivity contribution in [1.29, 1.82) is 5.41 Å². The molecule has 0 saturated heterocycles. The zero-order valence-electron chi connectivity index (χ0n) is 7.81. The minimum absolute atomic E-state index is 0.626. The molecule has 0 aliphatic carbocycles. The van der Waals surface area contributed by atoms with Gasteiger partial charge in [-0.3, -0.25) is 5.41 Å². The zero-order valence-corrected chi connectivity index (χ0v) is 8.63. The maximum Gasteiger partial charge on any atom is 0.181 e. The summed E-state index contributed by atoms with van der Waals surface area (Å²) in [7, 11) is 0. The predicted molar refractivity (Wildman–Crippen MR) is 58.3 cm³/mol. The number of hydrogen-bond donors (Lipinski definition) is 1. The van der Waals surface area contributed by atoms with E-state index >= 15 is 0 Å². The van der Waals surface area contributed by atoms with Gasteiger partial charge in [-0.25, -0.2) is 0 Å². The van der Waals surface area contributed by atoms with Crippen molar-refractivity contribution < 1.29 is 0 Å². The normalized spacial score (nSPS) is 10.3. The van der Waals surface area contributed by atoms with Gasteiger partial charge in [-0.2, -0.15) is 0 Å². The Balaban J connectivity index is 2.02. The van der Waals surface area contributed by atoms with Crippen LogP contribution in [0.1, 0.15) is 5.56 Å². The van der Waals surface area contributed by atoms with Gasteiger partial charge in [0.05, 0.1) is 0 Å². The quantitative estimate of drug-likeness (QED) is 0.794. The molecule has 2 aromatic rings. The smallest absolute Gasteiger partial charge is 0.181 e. The lowest BCUT2D eigenvalue weighted by Gasteiger charge is -2.01. The van der Waals surface area contributed by atoms with Gasteiger partial charge in [0.2, 0.25) is 0 Å². The van der Waals surface area contributed by atoms with Crippen LogP contribution in [0.2, 0.25) is 0 Å². The summed E-state index contributed by atoms with van der Waals surface area (Å²) >= 11 is 1.47. The number of nitrogens with zero attached hydrogens (tertiary/aromatic N) is 1. The van der Waals surface area contributed by atoms with E-state index in [1.165, 1.54) is 16.9 Å². The standard InChI is InChI=1S/C11H12N2S/c12-11-13(8-9-14-11)7-6-10-4-2-1-3-5-10/h1-5,8-9,12H,6-7H2. The Morgan fingerprint density at radius 1 is 1.21 bits per heavy atom. The van der Waals surface area contributed by atoms with Crippen molar-refractivity contribution in [3.8, 4) is 0 Å². The summed E-state index contributed by atoms with van der Waals surface area (Å²) in [4.78, 5) is 0.626. The molecule has 14 heavy (non-hydrogen) atoms. The van der Waals surface area contributed by atoms with Crippen molar-refractivity contribution >= 4 is 11.3 Å². The largest absolute Gasteiger partial charge is 0.324 e. The van der Waals surface area contributed by atoms with Crippen LogP contribution in [0.15, 0.2) is 41.9 Å². The van der Waals surface area contributed by atoms with Crippen LogP contribution in [0, 0.1) is 5.41 Å². The van der Waals surface area contributed by atoms with E-state index in [1.807, 2.05) is 22.2 Å². The first-order chi connectivity index (χ1) is 6.86. The second-order valence-corrected chi connectivity index (χ2v) is 4.03. The maximum absolute atomic E-state index is 7.60. The Kier molecular flexibility index (Phi) is 2.79. The van der Waals surface area contributed by atoms with E-state index < -0.39 is 0 Å². The average molecular weight is 204 g/mol. The fourth-order valence-corrected chi connectivity index (χ4v) is 2.00. The van der Waals surface area contributed by atoms with Crippen molar-refractivity contribution in [3.05, 3.63) is 52.3 Å². The number of aryl methyl sites for hydroxylation is 2. The SMILES string of the molecule is N=c1sccn1CCc1ccccc1.